The van der Waals surface area contributed by atoms with E-state index < -0.39 is 0 Å². The number of nitrogen functional groups attached to an aromatic ring is 1. The average Bonchev–Trinajstić information content (AvgIpc) is 2.87. The Labute approximate surface area is 128 Å². The van der Waals surface area contributed by atoms with E-state index in [1.807, 2.05) is 23.6 Å². The standard InChI is InChI=1S/C15H22N4OS/c1-8-5-9(2)7-19(6-8)14(20)13-12(16)11-10(3)17-18(4)15(11)21-13/h8-9H,5-7,16H2,1-4H3. The van der Waals surface area contributed by atoms with E-state index in [4.69, 9.17) is 5.73 Å². The van der Waals surface area contributed by atoms with Gasteiger partial charge in [-0.1, -0.05) is 13.8 Å². The van der Waals surface area contributed by atoms with Crippen molar-refractivity contribution >= 4 is 33.1 Å². The second kappa shape index (κ2) is 5.02. The summed E-state index contributed by atoms with van der Waals surface area (Å²) in [6, 6.07) is 0. The zero-order valence-electron chi connectivity index (χ0n) is 13.0. The number of rotatable bonds is 1. The van der Waals surface area contributed by atoms with Crippen molar-refractivity contribution in [3.63, 3.8) is 0 Å². The molecule has 0 bridgehead atoms. The zero-order valence-corrected chi connectivity index (χ0v) is 13.8. The SMILES string of the molecule is Cc1nn(C)c2sc(C(=O)N3CC(C)CC(C)C3)c(N)c12. The lowest BCUT2D eigenvalue weighted by Gasteiger charge is -2.34. The van der Waals surface area contributed by atoms with Crippen LogP contribution in [0, 0.1) is 18.8 Å². The van der Waals surface area contributed by atoms with E-state index in [2.05, 4.69) is 18.9 Å². The minimum Gasteiger partial charge on any atom is -0.397 e. The molecule has 2 N–H and O–H groups in total. The second-order valence-corrected chi connectivity index (χ2v) is 7.39. The van der Waals surface area contributed by atoms with Crippen LogP contribution in [0.25, 0.3) is 10.2 Å². The number of hydrogen-bond donors (Lipinski definition) is 1. The van der Waals surface area contributed by atoms with Gasteiger partial charge in [-0.15, -0.1) is 11.3 Å². The van der Waals surface area contributed by atoms with E-state index >= 15 is 0 Å². The quantitative estimate of drug-likeness (QED) is 0.881. The van der Waals surface area contributed by atoms with E-state index in [1.54, 1.807) is 0 Å². The molecule has 0 spiro atoms. The fourth-order valence-corrected chi connectivity index (χ4v) is 4.62. The van der Waals surface area contributed by atoms with Gasteiger partial charge in [-0.05, 0) is 25.2 Å². The number of piperidine rings is 1. The van der Waals surface area contributed by atoms with Crippen LogP contribution in [-0.2, 0) is 7.05 Å². The summed E-state index contributed by atoms with van der Waals surface area (Å²) < 4.78 is 1.81. The van der Waals surface area contributed by atoms with Crippen molar-refractivity contribution < 1.29 is 4.79 Å². The molecular weight excluding hydrogens is 284 g/mol. The number of nitrogens with two attached hydrogens (primary N) is 1. The number of thiophene rings is 1. The van der Waals surface area contributed by atoms with Crippen molar-refractivity contribution in [2.45, 2.75) is 27.2 Å². The van der Waals surface area contributed by atoms with Gasteiger partial charge in [-0.3, -0.25) is 9.48 Å². The molecule has 1 fully saturated rings. The molecule has 2 aromatic rings. The average molecular weight is 306 g/mol. The zero-order chi connectivity index (χ0) is 15.3. The summed E-state index contributed by atoms with van der Waals surface area (Å²) in [5.41, 5.74) is 7.72. The summed E-state index contributed by atoms with van der Waals surface area (Å²) in [5, 5.41) is 5.30. The monoisotopic (exact) mass is 306 g/mol. The minimum atomic E-state index is 0.0755. The smallest absolute Gasteiger partial charge is 0.266 e. The predicted octanol–water partition coefficient (Wildman–Crippen LogP) is 2.64. The Hall–Kier alpha value is -1.56. The summed E-state index contributed by atoms with van der Waals surface area (Å²) in [4.78, 5) is 16.4. The molecule has 1 amide bonds. The largest absolute Gasteiger partial charge is 0.397 e. The number of fused-ring (bicyclic) bond motifs is 1. The van der Waals surface area contributed by atoms with Gasteiger partial charge in [0.1, 0.15) is 9.71 Å². The molecule has 21 heavy (non-hydrogen) atoms. The maximum absolute atomic E-state index is 12.8. The van der Waals surface area contributed by atoms with Crippen LogP contribution < -0.4 is 5.73 Å². The van der Waals surface area contributed by atoms with Crippen LogP contribution in [0.5, 0.6) is 0 Å². The summed E-state index contributed by atoms with van der Waals surface area (Å²) in [7, 11) is 1.89. The molecule has 6 heteroatoms. The Bertz CT molecular complexity index is 692. The molecule has 2 unspecified atom stereocenters. The van der Waals surface area contributed by atoms with Gasteiger partial charge < -0.3 is 10.6 Å². The topological polar surface area (TPSA) is 64.2 Å². The highest BCUT2D eigenvalue weighted by atomic mass is 32.1. The Balaban J connectivity index is 1.98. The molecule has 0 aliphatic carbocycles. The van der Waals surface area contributed by atoms with E-state index in [9.17, 15) is 4.79 Å². The van der Waals surface area contributed by atoms with Crippen molar-refractivity contribution in [3.8, 4) is 0 Å². The molecule has 3 heterocycles. The maximum atomic E-state index is 12.8. The van der Waals surface area contributed by atoms with Crippen LogP contribution in [0.1, 0.15) is 35.6 Å². The van der Waals surface area contributed by atoms with Gasteiger partial charge in [0.15, 0.2) is 0 Å². The van der Waals surface area contributed by atoms with Crippen molar-refractivity contribution in [1.29, 1.82) is 0 Å². The lowest BCUT2D eigenvalue weighted by atomic mass is 9.92. The van der Waals surface area contributed by atoms with Crippen molar-refractivity contribution in [2.24, 2.45) is 18.9 Å². The highest BCUT2D eigenvalue weighted by Crippen LogP contribution is 2.37. The Morgan fingerprint density at radius 1 is 1.33 bits per heavy atom. The maximum Gasteiger partial charge on any atom is 0.266 e. The molecule has 1 saturated heterocycles. The molecule has 3 rings (SSSR count). The Morgan fingerprint density at radius 2 is 1.95 bits per heavy atom. The summed E-state index contributed by atoms with van der Waals surface area (Å²) >= 11 is 1.46. The van der Waals surface area contributed by atoms with Gasteiger partial charge in [0.25, 0.3) is 5.91 Å². The number of carbonyl (C=O) groups is 1. The molecule has 0 radical (unpaired) electrons. The Morgan fingerprint density at radius 3 is 2.52 bits per heavy atom. The first kappa shape index (κ1) is 14.4. The molecule has 1 aliphatic rings. The van der Waals surface area contributed by atoms with Crippen LogP contribution in [0.4, 0.5) is 5.69 Å². The van der Waals surface area contributed by atoms with Crippen molar-refractivity contribution in [3.05, 3.63) is 10.6 Å². The molecular formula is C15H22N4OS. The molecule has 1 aliphatic heterocycles. The third kappa shape index (κ3) is 2.31. The Kier molecular flexibility index (Phi) is 3.43. The van der Waals surface area contributed by atoms with E-state index in [0.717, 1.165) is 29.0 Å². The minimum absolute atomic E-state index is 0.0755. The third-order valence-electron chi connectivity index (χ3n) is 4.23. The first-order valence-corrected chi connectivity index (χ1v) is 8.21. The first-order chi connectivity index (χ1) is 9.88. The van der Waals surface area contributed by atoms with Crippen molar-refractivity contribution in [2.75, 3.05) is 18.8 Å². The number of hydrogen-bond acceptors (Lipinski definition) is 4. The van der Waals surface area contributed by atoms with Gasteiger partial charge >= 0.3 is 0 Å². The molecule has 0 aromatic carbocycles. The summed E-state index contributed by atoms with van der Waals surface area (Å²) in [6.45, 7) is 8.00. The van der Waals surface area contributed by atoms with E-state index in [-0.39, 0.29) is 5.91 Å². The van der Waals surface area contributed by atoms with E-state index in [1.165, 1.54) is 17.8 Å². The van der Waals surface area contributed by atoms with Gasteiger partial charge in [0.05, 0.1) is 16.8 Å². The number of carbonyl (C=O) groups excluding carboxylic acids is 1. The number of aryl methyl sites for hydroxylation is 2. The fourth-order valence-electron chi connectivity index (χ4n) is 3.46. The number of nitrogens with zero attached hydrogens (tertiary/aromatic N) is 3. The van der Waals surface area contributed by atoms with Gasteiger partial charge in [0.2, 0.25) is 0 Å². The molecule has 2 atom stereocenters. The molecule has 114 valence electrons. The third-order valence-corrected chi connectivity index (χ3v) is 5.49. The van der Waals surface area contributed by atoms with Gasteiger partial charge in [-0.25, -0.2) is 0 Å². The van der Waals surface area contributed by atoms with E-state index in [0.29, 0.717) is 22.4 Å². The fraction of sp³-hybridized carbons (Fsp3) is 0.600. The number of likely N-dealkylation sites (tertiary alicyclic amines) is 1. The number of amides is 1. The highest BCUT2D eigenvalue weighted by molar-refractivity contribution is 7.21. The van der Waals surface area contributed by atoms with Crippen molar-refractivity contribution in [1.82, 2.24) is 14.7 Å². The summed E-state index contributed by atoms with van der Waals surface area (Å²) in [6.07, 6.45) is 1.19. The van der Waals surface area contributed by atoms with Crippen LogP contribution >= 0.6 is 11.3 Å². The first-order valence-electron chi connectivity index (χ1n) is 7.39. The highest BCUT2D eigenvalue weighted by Gasteiger charge is 2.29. The number of aromatic nitrogens is 2. The van der Waals surface area contributed by atoms with Crippen LogP contribution in [-0.4, -0.2) is 33.7 Å². The lowest BCUT2D eigenvalue weighted by molar-refractivity contribution is 0.0629. The normalized spacial score (nSPS) is 23.0. The lowest BCUT2D eigenvalue weighted by Crippen LogP contribution is -2.42. The van der Waals surface area contributed by atoms with Crippen LogP contribution in [0.2, 0.25) is 0 Å². The number of anilines is 1. The molecule has 5 nitrogen and oxygen atoms in total. The summed E-state index contributed by atoms with van der Waals surface area (Å²) in [5.74, 6) is 1.18. The van der Waals surface area contributed by atoms with Gasteiger partial charge in [-0.2, -0.15) is 5.10 Å². The molecule has 2 aromatic heterocycles. The second-order valence-electron chi connectivity index (χ2n) is 6.39. The molecule has 0 saturated carbocycles. The predicted molar refractivity (Wildman–Crippen MR) is 86.6 cm³/mol. The van der Waals surface area contributed by atoms with Crippen LogP contribution in [0.15, 0.2) is 0 Å². The van der Waals surface area contributed by atoms with Gasteiger partial charge in [0, 0.05) is 20.1 Å². The van der Waals surface area contributed by atoms with Crippen LogP contribution in [0.3, 0.4) is 0 Å².